The highest BCUT2D eigenvalue weighted by atomic mass is 32.2. The molecular formula is C19H32N4O3S. The zero-order valence-electron chi connectivity index (χ0n) is 16.6. The molecular weight excluding hydrogens is 364 g/mol. The zero-order valence-corrected chi connectivity index (χ0v) is 17.4. The first kappa shape index (κ1) is 20.4. The average molecular weight is 397 g/mol. The number of carbonyl (C=O) groups excluding carboxylic acids is 1. The number of aromatic nitrogens is 1. The molecule has 2 aliphatic heterocycles. The Balaban J connectivity index is 1.55. The van der Waals surface area contributed by atoms with Crippen molar-refractivity contribution < 1.29 is 13.2 Å². The summed E-state index contributed by atoms with van der Waals surface area (Å²) in [7, 11) is -3.39. The minimum atomic E-state index is -3.39. The van der Waals surface area contributed by atoms with Crippen LogP contribution in [0, 0.1) is 13.8 Å². The van der Waals surface area contributed by atoms with Crippen molar-refractivity contribution in [1.82, 2.24) is 18.1 Å². The van der Waals surface area contributed by atoms with Crippen molar-refractivity contribution in [2.45, 2.75) is 52.5 Å². The third kappa shape index (κ3) is 4.73. The minimum absolute atomic E-state index is 0.111. The van der Waals surface area contributed by atoms with Crippen LogP contribution >= 0.6 is 0 Å². The number of nitrogens with zero attached hydrogens (tertiary/aromatic N) is 4. The van der Waals surface area contributed by atoms with Crippen LogP contribution in [-0.4, -0.2) is 71.7 Å². The van der Waals surface area contributed by atoms with Crippen LogP contribution in [0.2, 0.25) is 0 Å². The van der Waals surface area contributed by atoms with Gasteiger partial charge in [0.2, 0.25) is 5.91 Å². The first-order valence-corrected chi connectivity index (χ1v) is 11.4. The van der Waals surface area contributed by atoms with Gasteiger partial charge in [0.25, 0.3) is 10.2 Å². The molecule has 1 amide bonds. The van der Waals surface area contributed by atoms with Crippen LogP contribution in [0.1, 0.15) is 43.5 Å². The van der Waals surface area contributed by atoms with Crippen LogP contribution in [0.4, 0.5) is 0 Å². The smallest absolute Gasteiger partial charge is 0.282 e. The van der Waals surface area contributed by atoms with E-state index in [2.05, 4.69) is 16.7 Å². The van der Waals surface area contributed by atoms with Crippen LogP contribution in [0.3, 0.4) is 0 Å². The maximum Gasteiger partial charge on any atom is 0.282 e. The zero-order chi connectivity index (χ0) is 19.4. The lowest BCUT2D eigenvalue weighted by Gasteiger charge is -2.31. The molecule has 0 saturated carbocycles. The predicted molar refractivity (Wildman–Crippen MR) is 106 cm³/mol. The summed E-state index contributed by atoms with van der Waals surface area (Å²) in [6.07, 6.45) is 4.13. The molecule has 0 radical (unpaired) electrons. The van der Waals surface area contributed by atoms with E-state index in [4.69, 9.17) is 0 Å². The molecule has 7 nitrogen and oxygen atoms in total. The molecule has 2 saturated heterocycles. The van der Waals surface area contributed by atoms with Gasteiger partial charge in [-0.15, -0.1) is 0 Å². The molecule has 1 aromatic rings. The number of rotatable bonds is 5. The molecule has 0 unspecified atom stereocenters. The van der Waals surface area contributed by atoms with Gasteiger partial charge in [-0.2, -0.15) is 17.0 Å². The van der Waals surface area contributed by atoms with E-state index in [1.165, 1.54) is 0 Å². The van der Waals surface area contributed by atoms with Gasteiger partial charge in [-0.1, -0.05) is 6.42 Å². The van der Waals surface area contributed by atoms with E-state index in [9.17, 15) is 13.2 Å². The molecule has 3 heterocycles. The maximum atomic E-state index is 12.9. The fourth-order valence-electron chi connectivity index (χ4n) is 4.05. The number of hydrogen-bond acceptors (Lipinski definition) is 3. The standard InChI is InChI=1S/C19H32N4O3S/c1-17-7-8-18(2)23(17)14-9-19(24)20-10-6-13-22(16-15-20)27(25,26)21-11-4-3-5-12-21/h7-8H,3-6,9-16H2,1-2H3. The van der Waals surface area contributed by atoms with Crippen LogP contribution in [0.5, 0.6) is 0 Å². The first-order chi connectivity index (χ1) is 12.9. The normalized spacial score (nSPS) is 20.6. The monoisotopic (exact) mass is 396 g/mol. The van der Waals surface area contributed by atoms with Crippen LogP contribution < -0.4 is 0 Å². The molecule has 0 spiro atoms. The Labute approximate surface area is 163 Å². The van der Waals surface area contributed by atoms with E-state index in [-0.39, 0.29) is 5.91 Å². The van der Waals surface area contributed by atoms with Crippen molar-refractivity contribution in [3.63, 3.8) is 0 Å². The van der Waals surface area contributed by atoms with Crippen molar-refractivity contribution in [2.24, 2.45) is 0 Å². The molecule has 3 rings (SSSR count). The highest BCUT2D eigenvalue weighted by molar-refractivity contribution is 7.86. The SMILES string of the molecule is Cc1ccc(C)n1CCC(=O)N1CCCN(S(=O)(=O)N2CCCCC2)CC1. The summed E-state index contributed by atoms with van der Waals surface area (Å²) in [5, 5.41) is 0. The van der Waals surface area contributed by atoms with E-state index in [0.717, 1.165) is 30.7 Å². The number of aryl methyl sites for hydroxylation is 2. The van der Waals surface area contributed by atoms with E-state index in [1.54, 1.807) is 8.61 Å². The van der Waals surface area contributed by atoms with Crippen molar-refractivity contribution in [1.29, 1.82) is 0 Å². The summed E-state index contributed by atoms with van der Waals surface area (Å²) in [6.45, 7) is 8.03. The Morgan fingerprint density at radius 2 is 1.44 bits per heavy atom. The number of piperidine rings is 1. The van der Waals surface area contributed by atoms with Crippen molar-refractivity contribution in [3.05, 3.63) is 23.5 Å². The fraction of sp³-hybridized carbons (Fsp3) is 0.737. The lowest BCUT2D eigenvalue weighted by atomic mass is 10.2. The summed E-state index contributed by atoms with van der Waals surface area (Å²) < 4.78 is 31.1. The molecule has 1 aromatic heterocycles. The molecule has 0 aromatic carbocycles. The van der Waals surface area contributed by atoms with Crippen molar-refractivity contribution >= 4 is 16.1 Å². The van der Waals surface area contributed by atoms with Gasteiger partial charge in [0.05, 0.1) is 0 Å². The molecule has 27 heavy (non-hydrogen) atoms. The second kappa shape index (κ2) is 8.75. The molecule has 0 bridgehead atoms. The van der Waals surface area contributed by atoms with Gasteiger partial charge in [0.15, 0.2) is 0 Å². The minimum Gasteiger partial charge on any atom is -0.349 e. The van der Waals surface area contributed by atoms with Gasteiger partial charge in [0, 0.05) is 63.6 Å². The van der Waals surface area contributed by atoms with E-state index < -0.39 is 10.2 Å². The third-order valence-corrected chi connectivity index (χ3v) is 7.78. The Morgan fingerprint density at radius 3 is 2.11 bits per heavy atom. The molecule has 0 N–H and O–H groups in total. The van der Waals surface area contributed by atoms with E-state index >= 15 is 0 Å². The number of amides is 1. The average Bonchev–Trinajstić information content (AvgIpc) is 2.87. The second-order valence-corrected chi connectivity index (χ2v) is 9.55. The summed E-state index contributed by atoms with van der Waals surface area (Å²) in [5.74, 6) is 0.111. The third-order valence-electron chi connectivity index (χ3n) is 5.74. The van der Waals surface area contributed by atoms with Crippen LogP contribution in [0.25, 0.3) is 0 Å². The summed E-state index contributed by atoms with van der Waals surface area (Å²) in [6, 6.07) is 4.13. The fourth-order valence-corrected chi connectivity index (χ4v) is 5.77. The van der Waals surface area contributed by atoms with Gasteiger partial charge in [-0.05, 0) is 45.2 Å². The van der Waals surface area contributed by atoms with E-state index in [0.29, 0.717) is 58.7 Å². The van der Waals surface area contributed by atoms with E-state index in [1.807, 2.05) is 18.7 Å². The van der Waals surface area contributed by atoms with Crippen LogP contribution in [0.15, 0.2) is 12.1 Å². The lowest BCUT2D eigenvalue weighted by molar-refractivity contribution is -0.131. The summed E-state index contributed by atoms with van der Waals surface area (Å²) in [4.78, 5) is 14.5. The van der Waals surface area contributed by atoms with Gasteiger partial charge in [-0.3, -0.25) is 4.79 Å². The Morgan fingerprint density at radius 1 is 0.852 bits per heavy atom. The van der Waals surface area contributed by atoms with Crippen molar-refractivity contribution in [3.8, 4) is 0 Å². The predicted octanol–water partition coefficient (Wildman–Crippen LogP) is 1.76. The Hall–Kier alpha value is -1.38. The van der Waals surface area contributed by atoms with Crippen molar-refractivity contribution in [2.75, 3.05) is 39.3 Å². The molecule has 8 heteroatoms. The number of carbonyl (C=O) groups is 1. The van der Waals surface area contributed by atoms with Gasteiger partial charge in [0.1, 0.15) is 0 Å². The topological polar surface area (TPSA) is 65.9 Å². The molecule has 152 valence electrons. The highest BCUT2D eigenvalue weighted by Crippen LogP contribution is 2.18. The number of hydrogen-bond donors (Lipinski definition) is 0. The molecule has 2 aliphatic rings. The van der Waals surface area contributed by atoms with Crippen LogP contribution in [-0.2, 0) is 21.5 Å². The Kier molecular flexibility index (Phi) is 6.60. The molecule has 2 fully saturated rings. The second-order valence-electron chi connectivity index (χ2n) is 7.62. The Bertz CT molecular complexity index is 734. The lowest BCUT2D eigenvalue weighted by Crippen LogP contribution is -2.47. The quantitative estimate of drug-likeness (QED) is 0.762. The summed E-state index contributed by atoms with van der Waals surface area (Å²) >= 11 is 0. The maximum absolute atomic E-state index is 12.9. The van der Waals surface area contributed by atoms with Gasteiger partial charge in [-0.25, -0.2) is 0 Å². The van der Waals surface area contributed by atoms with Gasteiger partial charge >= 0.3 is 0 Å². The first-order valence-electron chi connectivity index (χ1n) is 10.1. The summed E-state index contributed by atoms with van der Waals surface area (Å²) in [5.41, 5.74) is 2.32. The highest BCUT2D eigenvalue weighted by Gasteiger charge is 2.32. The van der Waals surface area contributed by atoms with Gasteiger partial charge < -0.3 is 9.47 Å². The largest absolute Gasteiger partial charge is 0.349 e. The molecule has 0 atom stereocenters. The molecule has 0 aliphatic carbocycles.